The van der Waals surface area contributed by atoms with Gasteiger partial charge >= 0.3 is 5.97 Å². The Hall–Kier alpha value is -2.89. The fraction of sp³-hybridized carbons (Fsp3) is 0.350. The van der Waals surface area contributed by atoms with Gasteiger partial charge in [0.15, 0.2) is 0 Å². The number of hydrogen-bond donors (Lipinski definition) is 2. The summed E-state index contributed by atoms with van der Waals surface area (Å²) in [7, 11) is 0. The molecule has 1 heterocycles. The zero-order valence-electron chi connectivity index (χ0n) is 14.6. The molecular formula is C20H22N2O4. The van der Waals surface area contributed by atoms with Gasteiger partial charge in [0, 0.05) is 24.6 Å². The molecule has 3 rings (SSSR count). The predicted molar refractivity (Wildman–Crippen MR) is 97.8 cm³/mol. The number of nitrogens with zero attached hydrogens (tertiary/aromatic N) is 1. The number of nitrogens with one attached hydrogen (secondary N) is 1. The second kappa shape index (κ2) is 7.56. The lowest BCUT2D eigenvalue weighted by Gasteiger charge is -2.32. The Morgan fingerprint density at radius 3 is 2.42 bits per heavy atom. The van der Waals surface area contributed by atoms with Gasteiger partial charge in [-0.1, -0.05) is 36.4 Å². The molecule has 2 aromatic carbocycles. The van der Waals surface area contributed by atoms with E-state index in [-0.39, 0.29) is 17.7 Å². The first kappa shape index (κ1) is 17.9. The number of benzene rings is 2. The van der Waals surface area contributed by atoms with Crippen molar-refractivity contribution in [1.82, 2.24) is 10.2 Å². The van der Waals surface area contributed by atoms with Crippen molar-refractivity contribution in [2.24, 2.45) is 5.92 Å². The van der Waals surface area contributed by atoms with E-state index >= 15 is 0 Å². The number of likely N-dealkylation sites (tertiary alicyclic amines) is 1. The van der Waals surface area contributed by atoms with Crippen LogP contribution in [0.25, 0.3) is 10.8 Å². The van der Waals surface area contributed by atoms with Crippen molar-refractivity contribution in [2.75, 3.05) is 13.1 Å². The number of carbonyl (C=O) groups is 3. The molecule has 1 atom stereocenters. The first-order chi connectivity index (χ1) is 12.5. The van der Waals surface area contributed by atoms with Crippen LogP contribution < -0.4 is 5.32 Å². The van der Waals surface area contributed by atoms with Crippen LogP contribution in [-0.4, -0.2) is 46.9 Å². The van der Waals surface area contributed by atoms with Gasteiger partial charge in [-0.2, -0.15) is 0 Å². The molecule has 0 saturated carbocycles. The SMILES string of the molecule is C[C@H](NC(=O)C1CCN(C(=O)c2cccc3ccccc23)CC1)C(=O)O. The summed E-state index contributed by atoms with van der Waals surface area (Å²) < 4.78 is 0. The van der Waals surface area contributed by atoms with Gasteiger partial charge in [-0.05, 0) is 36.6 Å². The molecule has 2 N–H and O–H groups in total. The zero-order chi connectivity index (χ0) is 18.7. The number of hydrogen-bond acceptors (Lipinski definition) is 3. The van der Waals surface area contributed by atoms with Gasteiger partial charge in [-0.15, -0.1) is 0 Å². The Morgan fingerprint density at radius 1 is 1.08 bits per heavy atom. The summed E-state index contributed by atoms with van der Waals surface area (Å²) in [4.78, 5) is 37.7. The van der Waals surface area contributed by atoms with Crippen LogP contribution in [0.4, 0.5) is 0 Å². The second-order valence-electron chi connectivity index (χ2n) is 6.66. The molecule has 0 aromatic heterocycles. The van der Waals surface area contributed by atoms with E-state index in [1.54, 1.807) is 4.90 Å². The Balaban J connectivity index is 1.65. The number of carbonyl (C=O) groups excluding carboxylic acids is 2. The molecule has 1 aliphatic heterocycles. The Kier molecular flexibility index (Phi) is 5.21. The van der Waals surface area contributed by atoms with E-state index in [1.807, 2.05) is 42.5 Å². The third-order valence-electron chi connectivity index (χ3n) is 4.90. The van der Waals surface area contributed by atoms with Crippen molar-refractivity contribution < 1.29 is 19.5 Å². The molecule has 2 aromatic rings. The van der Waals surface area contributed by atoms with E-state index in [2.05, 4.69) is 5.32 Å². The monoisotopic (exact) mass is 354 g/mol. The van der Waals surface area contributed by atoms with Gasteiger partial charge < -0.3 is 15.3 Å². The fourth-order valence-electron chi connectivity index (χ4n) is 3.32. The summed E-state index contributed by atoms with van der Waals surface area (Å²) in [5.41, 5.74) is 0.672. The third kappa shape index (κ3) is 3.69. The van der Waals surface area contributed by atoms with Gasteiger partial charge in [0.1, 0.15) is 6.04 Å². The van der Waals surface area contributed by atoms with Crippen LogP contribution in [0.15, 0.2) is 42.5 Å². The fourth-order valence-corrected chi connectivity index (χ4v) is 3.32. The molecule has 136 valence electrons. The smallest absolute Gasteiger partial charge is 0.325 e. The van der Waals surface area contributed by atoms with Crippen molar-refractivity contribution in [2.45, 2.75) is 25.8 Å². The summed E-state index contributed by atoms with van der Waals surface area (Å²) in [6, 6.07) is 12.6. The molecule has 0 radical (unpaired) electrons. The number of rotatable bonds is 4. The van der Waals surface area contributed by atoms with Crippen molar-refractivity contribution in [3.05, 3.63) is 48.0 Å². The van der Waals surface area contributed by atoms with Crippen LogP contribution >= 0.6 is 0 Å². The summed E-state index contributed by atoms with van der Waals surface area (Å²) in [5.74, 6) is -1.59. The highest BCUT2D eigenvalue weighted by atomic mass is 16.4. The van der Waals surface area contributed by atoms with E-state index in [4.69, 9.17) is 5.11 Å². The molecular weight excluding hydrogens is 332 g/mol. The van der Waals surface area contributed by atoms with Crippen molar-refractivity contribution in [3.63, 3.8) is 0 Å². The lowest BCUT2D eigenvalue weighted by atomic mass is 9.94. The Labute approximate surface area is 151 Å². The molecule has 6 nitrogen and oxygen atoms in total. The lowest BCUT2D eigenvalue weighted by Crippen LogP contribution is -2.46. The molecule has 1 fully saturated rings. The molecule has 2 amide bonds. The van der Waals surface area contributed by atoms with Crippen LogP contribution in [-0.2, 0) is 9.59 Å². The molecule has 0 spiro atoms. The molecule has 0 bridgehead atoms. The maximum Gasteiger partial charge on any atom is 0.325 e. The van der Waals surface area contributed by atoms with Gasteiger partial charge in [0.2, 0.25) is 5.91 Å². The molecule has 6 heteroatoms. The summed E-state index contributed by atoms with van der Waals surface area (Å²) in [6.45, 7) is 2.42. The summed E-state index contributed by atoms with van der Waals surface area (Å²) in [6.07, 6.45) is 1.07. The summed E-state index contributed by atoms with van der Waals surface area (Å²) >= 11 is 0. The van der Waals surface area contributed by atoms with E-state index < -0.39 is 12.0 Å². The highest BCUT2D eigenvalue weighted by Crippen LogP contribution is 2.23. The first-order valence-corrected chi connectivity index (χ1v) is 8.77. The topological polar surface area (TPSA) is 86.7 Å². The zero-order valence-corrected chi connectivity index (χ0v) is 14.6. The highest BCUT2D eigenvalue weighted by Gasteiger charge is 2.29. The number of carboxylic acids is 1. The minimum atomic E-state index is -1.05. The number of fused-ring (bicyclic) bond motifs is 1. The van der Waals surface area contributed by atoms with Gasteiger partial charge in [-0.25, -0.2) is 0 Å². The van der Waals surface area contributed by atoms with E-state index in [0.717, 1.165) is 10.8 Å². The average molecular weight is 354 g/mol. The normalized spacial score (nSPS) is 16.3. The van der Waals surface area contributed by atoms with Crippen LogP contribution in [0, 0.1) is 5.92 Å². The standard InChI is InChI=1S/C20H22N2O4/c1-13(20(25)26)21-18(23)15-9-11-22(12-10-15)19(24)17-8-4-6-14-5-2-3-7-16(14)17/h2-8,13,15H,9-12H2,1H3,(H,21,23)(H,25,26)/t13-/m0/s1. The molecule has 1 aliphatic rings. The number of aliphatic carboxylic acids is 1. The Bertz CT molecular complexity index is 835. The average Bonchev–Trinajstić information content (AvgIpc) is 2.67. The van der Waals surface area contributed by atoms with Gasteiger partial charge in [0.25, 0.3) is 5.91 Å². The first-order valence-electron chi connectivity index (χ1n) is 8.77. The minimum absolute atomic E-state index is 0.0282. The van der Waals surface area contributed by atoms with Crippen LogP contribution in [0.5, 0.6) is 0 Å². The van der Waals surface area contributed by atoms with Gasteiger partial charge in [0.05, 0.1) is 0 Å². The van der Waals surface area contributed by atoms with Crippen molar-refractivity contribution in [3.8, 4) is 0 Å². The Morgan fingerprint density at radius 2 is 1.73 bits per heavy atom. The van der Waals surface area contributed by atoms with E-state index in [0.29, 0.717) is 31.5 Å². The molecule has 0 unspecified atom stereocenters. The number of amides is 2. The second-order valence-corrected chi connectivity index (χ2v) is 6.66. The maximum atomic E-state index is 12.9. The minimum Gasteiger partial charge on any atom is -0.480 e. The van der Waals surface area contributed by atoms with Crippen LogP contribution in [0.2, 0.25) is 0 Å². The number of piperidine rings is 1. The maximum absolute atomic E-state index is 12.9. The third-order valence-corrected chi connectivity index (χ3v) is 4.90. The molecule has 0 aliphatic carbocycles. The quantitative estimate of drug-likeness (QED) is 0.882. The van der Waals surface area contributed by atoms with Crippen molar-refractivity contribution >= 4 is 28.6 Å². The predicted octanol–water partition coefficient (Wildman–Crippen LogP) is 2.28. The van der Waals surface area contributed by atoms with Crippen LogP contribution in [0.3, 0.4) is 0 Å². The van der Waals surface area contributed by atoms with Gasteiger partial charge in [-0.3, -0.25) is 14.4 Å². The van der Waals surface area contributed by atoms with Crippen LogP contribution in [0.1, 0.15) is 30.1 Å². The largest absolute Gasteiger partial charge is 0.480 e. The van der Waals surface area contributed by atoms with E-state index in [9.17, 15) is 14.4 Å². The number of carboxylic acid groups (broad SMARTS) is 1. The van der Waals surface area contributed by atoms with E-state index in [1.165, 1.54) is 6.92 Å². The molecule has 1 saturated heterocycles. The van der Waals surface area contributed by atoms with Crippen molar-refractivity contribution in [1.29, 1.82) is 0 Å². The lowest BCUT2D eigenvalue weighted by molar-refractivity contribution is -0.142. The summed E-state index contributed by atoms with van der Waals surface area (Å²) in [5, 5.41) is 13.3. The molecule has 26 heavy (non-hydrogen) atoms. The highest BCUT2D eigenvalue weighted by molar-refractivity contribution is 6.07.